The average Bonchev–Trinajstić information content (AvgIpc) is 2.50. The summed E-state index contributed by atoms with van der Waals surface area (Å²) in [5.74, 6) is 0. The maximum Gasteiger partial charge on any atom is 0.0245 e. The molecule has 0 atom stereocenters. The summed E-state index contributed by atoms with van der Waals surface area (Å²) in [6.45, 7) is 5.69. The fraction of sp³-hybridized carbons (Fsp3) is 0.500. The fourth-order valence-electron chi connectivity index (χ4n) is 1.93. The minimum Gasteiger partial charge on any atom is -0.315 e. The van der Waals surface area contributed by atoms with E-state index in [2.05, 4.69) is 50.4 Å². The highest BCUT2D eigenvalue weighted by Crippen LogP contribution is 2.17. The molecule has 0 radical (unpaired) electrons. The van der Waals surface area contributed by atoms with E-state index in [1.54, 1.807) is 0 Å². The first-order chi connectivity index (χ1) is 7.36. The van der Waals surface area contributed by atoms with Crippen molar-refractivity contribution in [1.29, 1.82) is 0 Å². The Morgan fingerprint density at radius 1 is 1.20 bits per heavy atom. The molecule has 1 aliphatic heterocycles. The zero-order valence-electron chi connectivity index (χ0n) is 8.88. The molecule has 0 unspecified atom stereocenters. The molecule has 0 aromatic heterocycles. The summed E-state index contributed by atoms with van der Waals surface area (Å²) in [6.07, 6.45) is 1.25. The van der Waals surface area contributed by atoms with Crippen molar-refractivity contribution in [3.05, 3.63) is 34.3 Å². The molecule has 1 saturated heterocycles. The van der Waals surface area contributed by atoms with E-state index >= 15 is 0 Å². The zero-order valence-corrected chi connectivity index (χ0v) is 10.5. The second-order valence-electron chi connectivity index (χ2n) is 3.97. The zero-order chi connectivity index (χ0) is 10.5. The highest BCUT2D eigenvalue weighted by molar-refractivity contribution is 9.10. The number of rotatable bonds is 2. The van der Waals surface area contributed by atoms with Gasteiger partial charge in [0.1, 0.15) is 0 Å². The van der Waals surface area contributed by atoms with Gasteiger partial charge in [-0.15, -0.1) is 0 Å². The van der Waals surface area contributed by atoms with Crippen LogP contribution in [0.2, 0.25) is 0 Å². The van der Waals surface area contributed by atoms with E-state index in [0.29, 0.717) is 0 Å². The Morgan fingerprint density at radius 3 is 2.93 bits per heavy atom. The number of hydrogen-bond donors (Lipinski definition) is 1. The van der Waals surface area contributed by atoms with Crippen LogP contribution in [-0.2, 0) is 6.54 Å². The van der Waals surface area contributed by atoms with E-state index in [1.165, 1.54) is 23.0 Å². The molecule has 1 fully saturated rings. The van der Waals surface area contributed by atoms with Gasteiger partial charge in [-0.05, 0) is 31.1 Å². The Kier molecular flexibility index (Phi) is 4.18. The standard InChI is InChI=1S/C12H17BrN2/c13-12-5-2-1-4-11(12)10-15-8-3-6-14-7-9-15/h1-2,4-5,14H,3,6-10H2. The molecule has 15 heavy (non-hydrogen) atoms. The van der Waals surface area contributed by atoms with E-state index in [-0.39, 0.29) is 0 Å². The third-order valence-electron chi connectivity index (χ3n) is 2.78. The second-order valence-corrected chi connectivity index (χ2v) is 4.83. The molecule has 1 aromatic carbocycles. The molecular weight excluding hydrogens is 252 g/mol. The lowest BCUT2D eigenvalue weighted by Crippen LogP contribution is -2.27. The van der Waals surface area contributed by atoms with Gasteiger partial charge < -0.3 is 5.32 Å². The minimum atomic E-state index is 1.06. The Labute approximate surface area is 99.8 Å². The van der Waals surface area contributed by atoms with Crippen LogP contribution in [0.4, 0.5) is 0 Å². The van der Waals surface area contributed by atoms with Gasteiger partial charge in [0.05, 0.1) is 0 Å². The van der Waals surface area contributed by atoms with Crippen LogP contribution >= 0.6 is 15.9 Å². The normalized spacial score (nSPS) is 18.7. The Morgan fingerprint density at radius 2 is 2.07 bits per heavy atom. The van der Waals surface area contributed by atoms with Crippen LogP contribution in [0.25, 0.3) is 0 Å². The molecule has 2 nitrogen and oxygen atoms in total. The van der Waals surface area contributed by atoms with Crippen LogP contribution in [0.15, 0.2) is 28.7 Å². The number of benzene rings is 1. The van der Waals surface area contributed by atoms with Gasteiger partial charge in [-0.2, -0.15) is 0 Å². The van der Waals surface area contributed by atoms with Crippen LogP contribution in [0.1, 0.15) is 12.0 Å². The molecule has 0 aliphatic carbocycles. The average molecular weight is 269 g/mol. The SMILES string of the molecule is Brc1ccccc1CN1CCCNCC1. The summed E-state index contributed by atoms with van der Waals surface area (Å²) in [6, 6.07) is 8.49. The first kappa shape index (κ1) is 11.1. The maximum atomic E-state index is 3.60. The van der Waals surface area contributed by atoms with Gasteiger partial charge in [0.15, 0.2) is 0 Å². The van der Waals surface area contributed by atoms with E-state index in [4.69, 9.17) is 0 Å². The molecule has 0 saturated carbocycles. The molecule has 1 aromatic rings. The third-order valence-corrected chi connectivity index (χ3v) is 3.56. The lowest BCUT2D eigenvalue weighted by molar-refractivity contribution is 0.284. The lowest BCUT2D eigenvalue weighted by atomic mass is 10.2. The largest absolute Gasteiger partial charge is 0.315 e. The van der Waals surface area contributed by atoms with Crippen molar-refractivity contribution in [3.63, 3.8) is 0 Å². The topological polar surface area (TPSA) is 15.3 Å². The second kappa shape index (κ2) is 5.64. The van der Waals surface area contributed by atoms with Gasteiger partial charge in [-0.3, -0.25) is 4.90 Å². The van der Waals surface area contributed by atoms with Crippen molar-refractivity contribution < 1.29 is 0 Å². The molecule has 1 N–H and O–H groups in total. The van der Waals surface area contributed by atoms with Gasteiger partial charge in [0, 0.05) is 24.1 Å². The van der Waals surface area contributed by atoms with E-state index in [0.717, 1.165) is 26.2 Å². The van der Waals surface area contributed by atoms with Gasteiger partial charge in [-0.1, -0.05) is 34.1 Å². The first-order valence-corrected chi connectivity index (χ1v) is 6.32. The smallest absolute Gasteiger partial charge is 0.0245 e. The van der Waals surface area contributed by atoms with Crippen LogP contribution < -0.4 is 5.32 Å². The summed E-state index contributed by atoms with van der Waals surface area (Å²) in [5, 5.41) is 3.42. The maximum absolute atomic E-state index is 3.60. The summed E-state index contributed by atoms with van der Waals surface area (Å²) in [7, 11) is 0. The lowest BCUT2D eigenvalue weighted by Gasteiger charge is -2.20. The summed E-state index contributed by atoms with van der Waals surface area (Å²) >= 11 is 3.60. The molecule has 0 spiro atoms. The summed E-state index contributed by atoms with van der Waals surface area (Å²) < 4.78 is 1.22. The number of hydrogen-bond acceptors (Lipinski definition) is 2. The fourth-order valence-corrected chi connectivity index (χ4v) is 2.34. The number of nitrogens with one attached hydrogen (secondary N) is 1. The molecule has 0 amide bonds. The van der Waals surface area contributed by atoms with Crippen molar-refractivity contribution >= 4 is 15.9 Å². The van der Waals surface area contributed by atoms with Crippen LogP contribution in [0, 0.1) is 0 Å². The van der Waals surface area contributed by atoms with Gasteiger partial charge in [0.25, 0.3) is 0 Å². The molecule has 0 bridgehead atoms. The number of nitrogens with zero attached hydrogens (tertiary/aromatic N) is 1. The van der Waals surface area contributed by atoms with Gasteiger partial charge >= 0.3 is 0 Å². The van der Waals surface area contributed by atoms with Crippen molar-refractivity contribution in [3.8, 4) is 0 Å². The van der Waals surface area contributed by atoms with Crippen LogP contribution in [0.3, 0.4) is 0 Å². The third kappa shape index (κ3) is 3.30. The summed E-state index contributed by atoms with van der Waals surface area (Å²) in [4.78, 5) is 2.51. The molecule has 1 heterocycles. The Balaban J connectivity index is 1.98. The Hall–Kier alpha value is -0.380. The van der Waals surface area contributed by atoms with E-state index in [9.17, 15) is 0 Å². The highest BCUT2D eigenvalue weighted by atomic mass is 79.9. The van der Waals surface area contributed by atoms with Crippen molar-refractivity contribution in [2.75, 3.05) is 26.2 Å². The van der Waals surface area contributed by atoms with Crippen molar-refractivity contribution in [2.45, 2.75) is 13.0 Å². The van der Waals surface area contributed by atoms with E-state index in [1.807, 2.05) is 0 Å². The van der Waals surface area contributed by atoms with Crippen LogP contribution in [-0.4, -0.2) is 31.1 Å². The minimum absolute atomic E-state index is 1.06. The quantitative estimate of drug-likeness (QED) is 0.885. The molecule has 3 heteroatoms. The number of halogens is 1. The Bertz CT molecular complexity index is 306. The molecule has 2 rings (SSSR count). The highest BCUT2D eigenvalue weighted by Gasteiger charge is 2.09. The van der Waals surface area contributed by atoms with Crippen molar-refractivity contribution in [2.24, 2.45) is 0 Å². The van der Waals surface area contributed by atoms with Gasteiger partial charge in [-0.25, -0.2) is 0 Å². The molecular formula is C12H17BrN2. The first-order valence-electron chi connectivity index (χ1n) is 5.53. The summed E-state index contributed by atoms with van der Waals surface area (Å²) in [5.41, 5.74) is 1.39. The predicted molar refractivity (Wildman–Crippen MR) is 66.9 cm³/mol. The molecule has 82 valence electrons. The van der Waals surface area contributed by atoms with Crippen molar-refractivity contribution in [1.82, 2.24) is 10.2 Å². The van der Waals surface area contributed by atoms with Crippen LogP contribution in [0.5, 0.6) is 0 Å². The monoisotopic (exact) mass is 268 g/mol. The molecule has 1 aliphatic rings. The predicted octanol–water partition coefficient (Wildman–Crippen LogP) is 2.24. The van der Waals surface area contributed by atoms with Gasteiger partial charge in [0.2, 0.25) is 0 Å². The van der Waals surface area contributed by atoms with E-state index < -0.39 is 0 Å².